The van der Waals surface area contributed by atoms with E-state index in [1.54, 1.807) is 18.2 Å². The zero-order valence-corrected chi connectivity index (χ0v) is 10.0. The highest BCUT2D eigenvalue weighted by Gasteiger charge is 2.25. The first-order valence-electron chi connectivity index (χ1n) is 6.05. The molecule has 0 unspecified atom stereocenters. The maximum absolute atomic E-state index is 12.3. The van der Waals surface area contributed by atoms with Gasteiger partial charge in [-0.3, -0.25) is 0 Å². The summed E-state index contributed by atoms with van der Waals surface area (Å²) in [5, 5.41) is 0. The number of hydrogen-bond acceptors (Lipinski definition) is 3. The zero-order valence-electron chi connectivity index (χ0n) is 10.0. The van der Waals surface area contributed by atoms with Crippen molar-refractivity contribution in [1.29, 1.82) is 0 Å². The summed E-state index contributed by atoms with van der Waals surface area (Å²) in [6.45, 7) is -1.47. The third kappa shape index (κ3) is 3.17. The van der Waals surface area contributed by atoms with E-state index in [1.807, 2.05) is 0 Å². The molecule has 1 aromatic rings. The van der Waals surface area contributed by atoms with Crippen molar-refractivity contribution in [3.8, 4) is 5.75 Å². The Kier molecular flexibility index (Phi) is 4.49. The van der Waals surface area contributed by atoms with Gasteiger partial charge < -0.3 is 15.2 Å². The molecule has 0 amide bonds. The van der Waals surface area contributed by atoms with Crippen molar-refractivity contribution < 1.29 is 18.3 Å². The highest BCUT2D eigenvalue weighted by molar-refractivity contribution is 5.36. The number of para-hydroxylation sites is 1. The van der Waals surface area contributed by atoms with Gasteiger partial charge in [0.2, 0.25) is 0 Å². The molecular weight excluding hydrogens is 240 g/mol. The second-order valence-electron chi connectivity index (χ2n) is 4.39. The Morgan fingerprint density at radius 3 is 2.56 bits per heavy atom. The number of rotatable bonds is 4. The molecule has 5 heteroatoms. The van der Waals surface area contributed by atoms with Crippen molar-refractivity contribution in [3.05, 3.63) is 29.8 Å². The van der Waals surface area contributed by atoms with E-state index in [-0.39, 0.29) is 17.7 Å². The van der Waals surface area contributed by atoms with Gasteiger partial charge in [0.05, 0.1) is 0 Å². The molecule has 1 saturated heterocycles. The van der Waals surface area contributed by atoms with Crippen LogP contribution in [-0.2, 0) is 4.74 Å². The van der Waals surface area contributed by atoms with Gasteiger partial charge in [-0.2, -0.15) is 8.78 Å². The van der Waals surface area contributed by atoms with Crippen LogP contribution in [0.2, 0.25) is 0 Å². The van der Waals surface area contributed by atoms with E-state index in [2.05, 4.69) is 4.74 Å². The number of hydrogen-bond donors (Lipinski definition) is 1. The van der Waals surface area contributed by atoms with Gasteiger partial charge in [0, 0.05) is 24.8 Å². The van der Waals surface area contributed by atoms with Gasteiger partial charge in [-0.15, -0.1) is 0 Å². The SMILES string of the molecule is N[C@@H](c1ccccc1OC(F)F)C1CCOCC1. The maximum atomic E-state index is 12.3. The van der Waals surface area contributed by atoms with E-state index < -0.39 is 6.61 Å². The standard InChI is InChI=1S/C13H17F2NO2/c14-13(15)18-11-4-2-1-3-10(11)12(16)9-5-7-17-8-6-9/h1-4,9,12-13H,5-8,16H2/t12-/m1/s1. The molecule has 2 N–H and O–H groups in total. The lowest BCUT2D eigenvalue weighted by molar-refractivity contribution is -0.0509. The first-order chi connectivity index (χ1) is 8.68. The molecule has 0 aliphatic carbocycles. The molecular formula is C13H17F2NO2. The summed E-state index contributed by atoms with van der Waals surface area (Å²) in [5.41, 5.74) is 6.81. The Balaban J connectivity index is 2.15. The Morgan fingerprint density at radius 1 is 1.22 bits per heavy atom. The minimum atomic E-state index is -2.83. The molecule has 0 spiro atoms. The summed E-state index contributed by atoms with van der Waals surface area (Å²) in [5.74, 6) is 0.424. The van der Waals surface area contributed by atoms with E-state index in [0.29, 0.717) is 18.8 Å². The Morgan fingerprint density at radius 2 is 1.89 bits per heavy atom. The number of nitrogens with two attached hydrogens (primary N) is 1. The van der Waals surface area contributed by atoms with Crippen molar-refractivity contribution >= 4 is 0 Å². The summed E-state index contributed by atoms with van der Waals surface area (Å²) in [6.07, 6.45) is 1.70. The number of ether oxygens (including phenoxy) is 2. The topological polar surface area (TPSA) is 44.5 Å². The van der Waals surface area contributed by atoms with Gasteiger partial charge in [-0.1, -0.05) is 18.2 Å². The predicted octanol–water partition coefficient (Wildman–Crippen LogP) is 2.71. The lowest BCUT2D eigenvalue weighted by Crippen LogP contribution is -2.28. The van der Waals surface area contributed by atoms with Crippen molar-refractivity contribution in [3.63, 3.8) is 0 Å². The van der Waals surface area contributed by atoms with Gasteiger partial charge in [-0.05, 0) is 24.8 Å². The van der Waals surface area contributed by atoms with E-state index >= 15 is 0 Å². The molecule has 3 nitrogen and oxygen atoms in total. The molecule has 1 aliphatic rings. The van der Waals surface area contributed by atoms with E-state index in [4.69, 9.17) is 10.5 Å². The number of benzene rings is 1. The van der Waals surface area contributed by atoms with Crippen LogP contribution in [-0.4, -0.2) is 19.8 Å². The van der Waals surface area contributed by atoms with Crippen LogP contribution < -0.4 is 10.5 Å². The fourth-order valence-corrected chi connectivity index (χ4v) is 2.29. The summed E-state index contributed by atoms with van der Waals surface area (Å²) in [6, 6.07) is 6.44. The van der Waals surface area contributed by atoms with Crippen molar-refractivity contribution in [2.24, 2.45) is 11.7 Å². The summed E-state index contributed by atoms with van der Waals surface area (Å²) in [4.78, 5) is 0. The zero-order chi connectivity index (χ0) is 13.0. The third-order valence-corrected chi connectivity index (χ3v) is 3.27. The van der Waals surface area contributed by atoms with Crippen molar-refractivity contribution in [2.75, 3.05) is 13.2 Å². The summed E-state index contributed by atoms with van der Waals surface area (Å²) < 4.78 is 34.4. The molecule has 1 fully saturated rings. The highest BCUT2D eigenvalue weighted by atomic mass is 19.3. The summed E-state index contributed by atoms with van der Waals surface area (Å²) in [7, 11) is 0. The lowest BCUT2D eigenvalue weighted by atomic mass is 9.87. The lowest BCUT2D eigenvalue weighted by Gasteiger charge is -2.28. The molecule has 1 heterocycles. The third-order valence-electron chi connectivity index (χ3n) is 3.27. The Labute approximate surface area is 105 Å². The van der Waals surface area contributed by atoms with Gasteiger partial charge in [0.1, 0.15) is 5.75 Å². The second kappa shape index (κ2) is 6.11. The molecule has 0 radical (unpaired) electrons. The Hall–Kier alpha value is -1.20. The Bertz CT molecular complexity index is 381. The molecule has 2 rings (SSSR count). The fraction of sp³-hybridized carbons (Fsp3) is 0.538. The van der Waals surface area contributed by atoms with Crippen LogP contribution in [0.1, 0.15) is 24.4 Å². The van der Waals surface area contributed by atoms with Crippen LogP contribution in [0.25, 0.3) is 0 Å². The van der Waals surface area contributed by atoms with E-state index in [1.165, 1.54) is 6.07 Å². The number of alkyl halides is 2. The maximum Gasteiger partial charge on any atom is 0.387 e. The van der Waals surface area contributed by atoms with Gasteiger partial charge in [0.25, 0.3) is 0 Å². The predicted molar refractivity (Wildman–Crippen MR) is 63.5 cm³/mol. The summed E-state index contributed by atoms with van der Waals surface area (Å²) >= 11 is 0. The smallest absolute Gasteiger partial charge is 0.387 e. The quantitative estimate of drug-likeness (QED) is 0.902. The molecule has 1 aromatic carbocycles. The monoisotopic (exact) mass is 257 g/mol. The molecule has 100 valence electrons. The van der Waals surface area contributed by atoms with Crippen LogP contribution in [0, 0.1) is 5.92 Å². The van der Waals surface area contributed by atoms with Gasteiger partial charge in [-0.25, -0.2) is 0 Å². The van der Waals surface area contributed by atoms with Crippen LogP contribution in [0.4, 0.5) is 8.78 Å². The number of halogens is 2. The minimum absolute atomic E-state index is 0.173. The van der Waals surface area contributed by atoms with Gasteiger partial charge >= 0.3 is 6.61 Å². The first-order valence-corrected chi connectivity index (χ1v) is 6.05. The first kappa shape index (κ1) is 13.2. The van der Waals surface area contributed by atoms with E-state index in [0.717, 1.165) is 12.8 Å². The molecule has 1 aliphatic heterocycles. The van der Waals surface area contributed by atoms with Crippen LogP contribution in [0.15, 0.2) is 24.3 Å². The van der Waals surface area contributed by atoms with Crippen molar-refractivity contribution in [1.82, 2.24) is 0 Å². The highest BCUT2D eigenvalue weighted by Crippen LogP contribution is 2.33. The molecule has 1 atom stereocenters. The van der Waals surface area contributed by atoms with Crippen LogP contribution in [0.3, 0.4) is 0 Å². The van der Waals surface area contributed by atoms with Crippen LogP contribution in [0.5, 0.6) is 5.75 Å². The van der Waals surface area contributed by atoms with Gasteiger partial charge in [0.15, 0.2) is 0 Å². The molecule has 0 saturated carbocycles. The van der Waals surface area contributed by atoms with Crippen LogP contribution >= 0.6 is 0 Å². The molecule has 0 bridgehead atoms. The average molecular weight is 257 g/mol. The average Bonchev–Trinajstić information content (AvgIpc) is 2.39. The molecule has 18 heavy (non-hydrogen) atoms. The second-order valence-corrected chi connectivity index (χ2v) is 4.39. The van der Waals surface area contributed by atoms with E-state index in [9.17, 15) is 8.78 Å². The fourth-order valence-electron chi connectivity index (χ4n) is 2.29. The molecule has 0 aromatic heterocycles. The largest absolute Gasteiger partial charge is 0.434 e. The minimum Gasteiger partial charge on any atom is -0.434 e. The normalized spacial score (nSPS) is 18.9. The van der Waals surface area contributed by atoms with Crippen molar-refractivity contribution in [2.45, 2.75) is 25.5 Å².